The summed E-state index contributed by atoms with van der Waals surface area (Å²) in [4.78, 5) is 0. The lowest BCUT2D eigenvalue weighted by Crippen LogP contribution is -1.80. The third-order valence-electron chi connectivity index (χ3n) is 5.40. The maximum atomic E-state index is 6.27. The number of rotatable bonds is 1. The zero-order valence-corrected chi connectivity index (χ0v) is 15.7. The quantitative estimate of drug-likeness (QED) is 0.271. The molecule has 4 aromatic carbocycles. The lowest BCUT2D eigenvalue weighted by atomic mass is 9.99. The fraction of sp³-hybridized carbons (Fsp3) is 0. The molecule has 2 aromatic heterocycles. The molecule has 0 aliphatic heterocycles. The molecule has 0 bridgehead atoms. The van der Waals surface area contributed by atoms with E-state index >= 15 is 0 Å². The molecule has 0 saturated carbocycles. The SMILES string of the molecule is Clc1cc(Cl)cc(-c2cc3c4ccccc4n4c5ccccc5c(c2)c34)c1. The minimum Gasteiger partial charge on any atom is -0.308 e. The number of fused-ring (bicyclic) bond motifs is 6. The molecule has 27 heavy (non-hydrogen) atoms. The van der Waals surface area contributed by atoms with Gasteiger partial charge in [0.25, 0.3) is 0 Å². The van der Waals surface area contributed by atoms with Crippen LogP contribution in [0.25, 0.3) is 49.2 Å². The van der Waals surface area contributed by atoms with Crippen molar-refractivity contribution in [3.8, 4) is 11.1 Å². The van der Waals surface area contributed by atoms with Gasteiger partial charge in [0.2, 0.25) is 0 Å². The van der Waals surface area contributed by atoms with Crippen LogP contribution in [0.5, 0.6) is 0 Å². The Morgan fingerprint density at radius 1 is 0.519 bits per heavy atom. The molecule has 128 valence electrons. The van der Waals surface area contributed by atoms with Crippen molar-refractivity contribution in [3.63, 3.8) is 0 Å². The first kappa shape index (κ1) is 15.3. The van der Waals surface area contributed by atoms with Crippen LogP contribution in [0.2, 0.25) is 10.0 Å². The molecule has 3 heteroatoms. The van der Waals surface area contributed by atoms with Gasteiger partial charge in [-0.05, 0) is 53.6 Å². The average molecular weight is 386 g/mol. The van der Waals surface area contributed by atoms with Gasteiger partial charge in [0, 0.05) is 31.6 Å². The molecule has 0 spiro atoms. The van der Waals surface area contributed by atoms with Crippen LogP contribution >= 0.6 is 23.2 Å². The summed E-state index contributed by atoms with van der Waals surface area (Å²) in [5, 5.41) is 6.33. The molecule has 0 radical (unpaired) electrons. The molecule has 0 unspecified atom stereocenters. The van der Waals surface area contributed by atoms with Crippen LogP contribution in [0.15, 0.2) is 78.9 Å². The Labute approximate surface area is 165 Å². The summed E-state index contributed by atoms with van der Waals surface area (Å²) in [6.45, 7) is 0. The van der Waals surface area contributed by atoms with Crippen LogP contribution in [0, 0.1) is 0 Å². The lowest BCUT2D eigenvalue weighted by molar-refractivity contribution is 1.37. The summed E-state index contributed by atoms with van der Waals surface area (Å²) >= 11 is 12.5. The van der Waals surface area contributed by atoms with Crippen LogP contribution in [0.1, 0.15) is 0 Å². The molecule has 2 heterocycles. The minimum absolute atomic E-state index is 0.650. The maximum absolute atomic E-state index is 6.27. The highest BCUT2D eigenvalue weighted by molar-refractivity contribution is 6.35. The Morgan fingerprint density at radius 3 is 1.56 bits per heavy atom. The van der Waals surface area contributed by atoms with Crippen LogP contribution in [0.4, 0.5) is 0 Å². The highest BCUT2D eigenvalue weighted by Crippen LogP contribution is 2.41. The van der Waals surface area contributed by atoms with Gasteiger partial charge in [-0.3, -0.25) is 0 Å². The number of halogens is 2. The van der Waals surface area contributed by atoms with E-state index in [1.807, 2.05) is 12.1 Å². The van der Waals surface area contributed by atoms with Crippen molar-refractivity contribution in [1.29, 1.82) is 0 Å². The van der Waals surface area contributed by atoms with Crippen LogP contribution < -0.4 is 0 Å². The Morgan fingerprint density at radius 2 is 1.00 bits per heavy atom. The molecule has 0 N–H and O–H groups in total. The van der Waals surface area contributed by atoms with Gasteiger partial charge < -0.3 is 4.40 Å². The molecule has 6 rings (SSSR count). The molecule has 0 fully saturated rings. The largest absolute Gasteiger partial charge is 0.308 e. The van der Waals surface area contributed by atoms with E-state index in [9.17, 15) is 0 Å². The standard InChI is InChI=1S/C24H13Cl2N/c25-16-9-14(10-17(26)13-16)15-11-20-18-5-1-3-7-22(18)27-23-8-4-2-6-19(23)21(12-15)24(20)27/h1-13H. The molecule has 0 aliphatic rings. The van der Waals surface area contributed by atoms with Gasteiger partial charge in [-0.2, -0.15) is 0 Å². The third kappa shape index (κ3) is 2.07. The van der Waals surface area contributed by atoms with Crippen molar-refractivity contribution in [2.75, 3.05) is 0 Å². The smallest absolute Gasteiger partial charge is 0.0620 e. The van der Waals surface area contributed by atoms with Gasteiger partial charge in [-0.25, -0.2) is 0 Å². The van der Waals surface area contributed by atoms with E-state index < -0.39 is 0 Å². The maximum Gasteiger partial charge on any atom is 0.0620 e. The van der Waals surface area contributed by atoms with E-state index in [-0.39, 0.29) is 0 Å². The van der Waals surface area contributed by atoms with Crippen LogP contribution in [-0.2, 0) is 0 Å². The van der Waals surface area contributed by atoms with Crippen LogP contribution in [-0.4, -0.2) is 4.40 Å². The van der Waals surface area contributed by atoms with Crippen molar-refractivity contribution in [1.82, 2.24) is 4.40 Å². The first-order valence-electron chi connectivity index (χ1n) is 8.84. The van der Waals surface area contributed by atoms with Gasteiger partial charge in [0.1, 0.15) is 0 Å². The zero-order valence-electron chi connectivity index (χ0n) is 14.2. The molecule has 0 amide bonds. The summed E-state index contributed by atoms with van der Waals surface area (Å²) in [6, 6.07) is 27.4. The van der Waals surface area contributed by atoms with Gasteiger partial charge in [0.15, 0.2) is 0 Å². The summed E-state index contributed by atoms with van der Waals surface area (Å²) in [7, 11) is 0. The molecule has 0 aliphatic carbocycles. The van der Waals surface area contributed by atoms with Crippen LogP contribution in [0.3, 0.4) is 0 Å². The second-order valence-electron chi connectivity index (χ2n) is 6.95. The fourth-order valence-corrected chi connectivity index (χ4v) is 4.86. The summed E-state index contributed by atoms with van der Waals surface area (Å²) in [5.41, 5.74) is 5.91. The predicted molar refractivity (Wildman–Crippen MR) is 117 cm³/mol. The van der Waals surface area contributed by atoms with E-state index in [0.29, 0.717) is 10.0 Å². The Balaban J connectivity index is 1.86. The van der Waals surface area contributed by atoms with E-state index in [1.54, 1.807) is 6.07 Å². The van der Waals surface area contributed by atoms with Gasteiger partial charge in [-0.1, -0.05) is 59.6 Å². The molecule has 1 nitrogen and oxygen atoms in total. The van der Waals surface area contributed by atoms with Crippen molar-refractivity contribution < 1.29 is 0 Å². The highest BCUT2D eigenvalue weighted by Gasteiger charge is 2.18. The molecule has 0 saturated heterocycles. The van der Waals surface area contributed by atoms with Crippen molar-refractivity contribution in [2.24, 2.45) is 0 Å². The first-order valence-corrected chi connectivity index (χ1v) is 9.60. The molecule has 0 atom stereocenters. The highest BCUT2D eigenvalue weighted by atomic mass is 35.5. The Hall–Kier alpha value is -2.74. The lowest BCUT2D eigenvalue weighted by Gasteiger charge is -2.06. The molecular weight excluding hydrogens is 373 g/mol. The second kappa shape index (κ2) is 5.39. The Kier molecular flexibility index (Phi) is 3.06. The van der Waals surface area contributed by atoms with Crippen molar-refractivity contribution in [3.05, 3.63) is 88.9 Å². The number of aromatic nitrogens is 1. The zero-order chi connectivity index (χ0) is 18.1. The normalized spacial score (nSPS) is 12.1. The number of para-hydroxylation sites is 2. The van der Waals surface area contributed by atoms with E-state index in [0.717, 1.165) is 11.1 Å². The fourth-order valence-electron chi connectivity index (χ4n) is 4.34. The molecule has 6 aromatic rings. The third-order valence-corrected chi connectivity index (χ3v) is 5.84. The average Bonchev–Trinajstić information content (AvgIpc) is 3.18. The number of hydrogen-bond acceptors (Lipinski definition) is 0. The van der Waals surface area contributed by atoms with E-state index in [1.165, 1.54) is 38.1 Å². The molecular formula is C24H13Cl2N. The van der Waals surface area contributed by atoms with Crippen molar-refractivity contribution >= 4 is 61.3 Å². The summed E-state index contributed by atoms with van der Waals surface area (Å²) in [6.07, 6.45) is 0. The second-order valence-corrected chi connectivity index (χ2v) is 7.82. The topological polar surface area (TPSA) is 4.41 Å². The van der Waals surface area contributed by atoms with Gasteiger partial charge in [0.05, 0.1) is 16.6 Å². The number of nitrogens with zero attached hydrogens (tertiary/aromatic N) is 1. The van der Waals surface area contributed by atoms with E-state index in [4.69, 9.17) is 23.2 Å². The Bertz CT molecular complexity index is 1390. The van der Waals surface area contributed by atoms with Gasteiger partial charge in [-0.15, -0.1) is 0 Å². The predicted octanol–water partition coefficient (Wildman–Crippen LogP) is 7.81. The minimum atomic E-state index is 0.650. The summed E-state index contributed by atoms with van der Waals surface area (Å²) in [5.74, 6) is 0. The number of benzene rings is 4. The number of hydrogen-bond donors (Lipinski definition) is 0. The first-order chi connectivity index (χ1) is 13.2. The van der Waals surface area contributed by atoms with Crippen molar-refractivity contribution in [2.45, 2.75) is 0 Å². The monoisotopic (exact) mass is 385 g/mol. The van der Waals surface area contributed by atoms with E-state index in [2.05, 4.69) is 65.1 Å². The summed E-state index contributed by atoms with van der Waals surface area (Å²) < 4.78 is 2.38. The van der Waals surface area contributed by atoms with Gasteiger partial charge >= 0.3 is 0 Å².